The van der Waals surface area contributed by atoms with Gasteiger partial charge >= 0.3 is 0 Å². The predicted octanol–water partition coefficient (Wildman–Crippen LogP) is 3.53. The van der Waals surface area contributed by atoms with Gasteiger partial charge in [-0.05, 0) is 52.5 Å². The molecule has 0 fully saturated rings. The SMILES string of the molecule is Cc1cc(CNC(=O)c2cncc(Br)c2)cc(C)c1F. The number of nitrogens with one attached hydrogen (secondary N) is 1. The van der Waals surface area contributed by atoms with Gasteiger partial charge in [0.15, 0.2) is 0 Å². The number of halogens is 2. The van der Waals surface area contributed by atoms with Gasteiger partial charge in [-0.25, -0.2) is 4.39 Å². The molecule has 0 aliphatic heterocycles. The highest BCUT2D eigenvalue weighted by molar-refractivity contribution is 9.10. The topological polar surface area (TPSA) is 42.0 Å². The van der Waals surface area contributed by atoms with Crippen molar-refractivity contribution in [2.45, 2.75) is 20.4 Å². The molecule has 0 radical (unpaired) electrons. The van der Waals surface area contributed by atoms with Gasteiger partial charge in [-0.3, -0.25) is 9.78 Å². The normalized spacial score (nSPS) is 10.4. The molecule has 2 rings (SSSR count). The Morgan fingerprint density at radius 2 is 1.90 bits per heavy atom. The highest BCUT2D eigenvalue weighted by Gasteiger charge is 2.08. The van der Waals surface area contributed by atoms with Gasteiger partial charge in [0.1, 0.15) is 5.82 Å². The molecule has 0 saturated heterocycles. The van der Waals surface area contributed by atoms with Crippen LogP contribution in [-0.4, -0.2) is 10.9 Å². The average molecular weight is 337 g/mol. The molecule has 0 atom stereocenters. The van der Waals surface area contributed by atoms with E-state index in [2.05, 4.69) is 26.2 Å². The quantitative estimate of drug-likeness (QED) is 0.931. The number of carbonyl (C=O) groups is 1. The van der Waals surface area contributed by atoms with E-state index in [1.54, 1.807) is 38.2 Å². The summed E-state index contributed by atoms with van der Waals surface area (Å²) >= 11 is 3.27. The third-order valence-electron chi connectivity index (χ3n) is 2.92. The lowest BCUT2D eigenvalue weighted by atomic mass is 10.1. The monoisotopic (exact) mass is 336 g/mol. The van der Waals surface area contributed by atoms with E-state index in [1.165, 1.54) is 6.20 Å². The van der Waals surface area contributed by atoms with Gasteiger partial charge in [0.2, 0.25) is 0 Å². The lowest BCUT2D eigenvalue weighted by molar-refractivity contribution is 0.0950. The molecule has 0 bridgehead atoms. The molecule has 0 aliphatic carbocycles. The molecular formula is C15H14BrFN2O. The summed E-state index contributed by atoms with van der Waals surface area (Å²) in [5, 5.41) is 2.79. The van der Waals surface area contributed by atoms with Crippen molar-refractivity contribution < 1.29 is 9.18 Å². The molecule has 1 heterocycles. The van der Waals surface area contributed by atoms with Crippen LogP contribution in [0.4, 0.5) is 4.39 Å². The summed E-state index contributed by atoms with van der Waals surface area (Å²) in [5.41, 5.74) is 2.52. The van der Waals surface area contributed by atoms with Crippen LogP contribution in [0.5, 0.6) is 0 Å². The Bertz CT molecular complexity index is 635. The van der Waals surface area contributed by atoms with E-state index >= 15 is 0 Å². The lowest BCUT2D eigenvalue weighted by Crippen LogP contribution is -2.23. The molecule has 104 valence electrons. The van der Waals surface area contributed by atoms with E-state index in [-0.39, 0.29) is 11.7 Å². The van der Waals surface area contributed by atoms with Gasteiger partial charge in [0.05, 0.1) is 5.56 Å². The zero-order valence-corrected chi connectivity index (χ0v) is 12.8. The number of hydrogen-bond acceptors (Lipinski definition) is 2. The van der Waals surface area contributed by atoms with Crippen molar-refractivity contribution in [3.63, 3.8) is 0 Å². The Kier molecular flexibility index (Phi) is 4.49. The minimum atomic E-state index is -0.210. The van der Waals surface area contributed by atoms with Gasteiger partial charge in [0.25, 0.3) is 5.91 Å². The van der Waals surface area contributed by atoms with Gasteiger partial charge in [0, 0.05) is 23.4 Å². The van der Waals surface area contributed by atoms with Crippen LogP contribution < -0.4 is 5.32 Å². The Hall–Kier alpha value is -1.75. The second-order valence-corrected chi connectivity index (χ2v) is 5.53. The zero-order chi connectivity index (χ0) is 14.7. The molecule has 20 heavy (non-hydrogen) atoms. The van der Waals surface area contributed by atoms with E-state index in [0.717, 1.165) is 10.0 Å². The molecule has 0 unspecified atom stereocenters. The fourth-order valence-corrected chi connectivity index (χ4v) is 2.32. The summed E-state index contributed by atoms with van der Waals surface area (Å²) < 4.78 is 14.3. The third kappa shape index (κ3) is 3.42. The van der Waals surface area contributed by atoms with Crippen LogP contribution in [0.25, 0.3) is 0 Å². The molecule has 5 heteroatoms. The second-order valence-electron chi connectivity index (χ2n) is 4.62. The molecule has 1 aromatic carbocycles. The molecule has 0 saturated carbocycles. The van der Waals surface area contributed by atoms with E-state index in [4.69, 9.17) is 0 Å². The van der Waals surface area contributed by atoms with Crippen LogP contribution in [0.2, 0.25) is 0 Å². The molecule has 1 N–H and O–H groups in total. The third-order valence-corrected chi connectivity index (χ3v) is 3.35. The number of benzene rings is 1. The Morgan fingerprint density at radius 3 is 2.50 bits per heavy atom. The van der Waals surface area contributed by atoms with Crippen molar-refractivity contribution in [1.29, 1.82) is 0 Å². The molecule has 1 amide bonds. The first-order valence-electron chi connectivity index (χ1n) is 6.11. The number of carbonyl (C=O) groups excluding carboxylic acids is 1. The van der Waals surface area contributed by atoms with Crippen molar-refractivity contribution in [3.8, 4) is 0 Å². The smallest absolute Gasteiger partial charge is 0.253 e. The summed E-state index contributed by atoms with van der Waals surface area (Å²) in [4.78, 5) is 15.9. The maximum Gasteiger partial charge on any atom is 0.253 e. The van der Waals surface area contributed by atoms with Crippen molar-refractivity contribution in [2.75, 3.05) is 0 Å². The van der Waals surface area contributed by atoms with Crippen LogP contribution in [0.1, 0.15) is 27.0 Å². The summed E-state index contributed by atoms with van der Waals surface area (Å²) in [6.45, 7) is 3.78. The standard InChI is InChI=1S/C15H14BrFN2O/c1-9-3-11(4-10(2)14(9)17)6-19-15(20)12-5-13(16)8-18-7-12/h3-5,7-8H,6H2,1-2H3,(H,19,20). The van der Waals surface area contributed by atoms with E-state index in [0.29, 0.717) is 23.2 Å². The molecule has 1 aromatic heterocycles. The van der Waals surface area contributed by atoms with Gasteiger partial charge in [-0.1, -0.05) is 12.1 Å². The predicted molar refractivity (Wildman–Crippen MR) is 79.0 cm³/mol. The molecule has 0 aliphatic rings. The first-order chi connectivity index (χ1) is 9.47. The number of aromatic nitrogens is 1. The van der Waals surface area contributed by atoms with Gasteiger partial charge < -0.3 is 5.32 Å². The van der Waals surface area contributed by atoms with Crippen LogP contribution in [-0.2, 0) is 6.54 Å². The van der Waals surface area contributed by atoms with Crippen LogP contribution >= 0.6 is 15.9 Å². The summed E-state index contributed by atoms with van der Waals surface area (Å²) in [6, 6.07) is 5.17. The zero-order valence-electron chi connectivity index (χ0n) is 11.2. The van der Waals surface area contributed by atoms with Crippen molar-refractivity contribution >= 4 is 21.8 Å². The average Bonchev–Trinajstić information content (AvgIpc) is 2.42. The molecule has 2 aromatic rings. The van der Waals surface area contributed by atoms with Crippen LogP contribution in [0.15, 0.2) is 35.1 Å². The molecule has 0 spiro atoms. The fourth-order valence-electron chi connectivity index (χ4n) is 1.96. The molecular weight excluding hydrogens is 323 g/mol. The van der Waals surface area contributed by atoms with Gasteiger partial charge in [-0.15, -0.1) is 0 Å². The second kappa shape index (κ2) is 6.13. The number of rotatable bonds is 3. The fraction of sp³-hybridized carbons (Fsp3) is 0.200. The number of amides is 1. The number of aryl methyl sites for hydroxylation is 2. The largest absolute Gasteiger partial charge is 0.348 e. The lowest BCUT2D eigenvalue weighted by Gasteiger charge is -2.08. The summed E-state index contributed by atoms with van der Waals surface area (Å²) in [5.74, 6) is -0.408. The van der Waals surface area contributed by atoms with E-state index < -0.39 is 0 Å². The first kappa shape index (κ1) is 14.7. The minimum Gasteiger partial charge on any atom is -0.348 e. The maximum atomic E-state index is 13.5. The summed E-state index contributed by atoms with van der Waals surface area (Å²) in [6.07, 6.45) is 3.12. The maximum absolute atomic E-state index is 13.5. The molecule has 3 nitrogen and oxygen atoms in total. The Morgan fingerprint density at radius 1 is 1.25 bits per heavy atom. The van der Waals surface area contributed by atoms with E-state index in [1.807, 2.05) is 0 Å². The van der Waals surface area contributed by atoms with Crippen LogP contribution in [0.3, 0.4) is 0 Å². The Labute approximate surface area is 125 Å². The van der Waals surface area contributed by atoms with Crippen molar-refractivity contribution in [2.24, 2.45) is 0 Å². The Balaban J connectivity index is 2.07. The number of hydrogen-bond donors (Lipinski definition) is 1. The van der Waals surface area contributed by atoms with Crippen LogP contribution in [0, 0.1) is 19.7 Å². The number of pyridine rings is 1. The highest BCUT2D eigenvalue weighted by atomic mass is 79.9. The van der Waals surface area contributed by atoms with Gasteiger partial charge in [-0.2, -0.15) is 0 Å². The van der Waals surface area contributed by atoms with Crippen molar-refractivity contribution in [1.82, 2.24) is 10.3 Å². The van der Waals surface area contributed by atoms with E-state index in [9.17, 15) is 9.18 Å². The number of nitrogens with zero attached hydrogens (tertiary/aromatic N) is 1. The highest BCUT2D eigenvalue weighted by Crippen LogP contribution is 2.15. The van der Waals surface area contributed by atoms with Crippen molar-refractivity contribution in [3.05, 3.63) is 63.1 Å². The first-order valence-corrected chi connectivity index (χ1v) is 6.91. The summed E-state index contributed by atoms with van der Waals surface area (Å²) in [7, 11) is 0. The minimum absolute atomic E-state index is 0.198.